The van der Waals surface area contributed by atoms with E-state index in [0.29, 0.717) is 37.5 Å². The summed E-state index contributed by atoms with van der Waals surface area (Å²) in [5.74, 6) is -1.40. The van der Waals surface area contributed by atoms with Gasteiger partial charge in [0.15, 0.2) is 0 Å². The molecule has 1 atom stereocenters. The van der Waals surface area contributed by atoms with Gasteiger partial charge >= 0.3 is 0 Å². The molecule has 11 heteroatoms. The molecule has 3 N–H and O–H groups in total. The zero-order chi connectivity index (χ0) is 28.0. The Bertz CT molecular complexity index is 1340. The number of nitrogens with two attached hydrogens (primary N) is 1. The van der Waals surface area contributed by atoms with Crippen molar-refractivity contribution in [1.82, 2.24) is 15.1 Å². The van der Waals surface area contributed by atoms with E-state index < -0.39 is 23.6 Å². The van der Waals surface area contributed by atoms with Crippen molar-refractivity contribution in [2.24, 2.45) is 5.92 Å². The van der Waals surface area contributed by atoms with Gasteiger partial charge in [0.2, 0.25) is 11.8 Å². The van der Waals surface area contributed by atoms with Crippen LogP contribution in [0.2, 0.25) is 0 Å². The zero-order valence-corrected chi connectivity index (χ0v) is 22.4. The Balaban J connectivity index is 1.00. The van der Waals surface area contributed by atoms with Crippen molar-refractivity contribution in [2.45, 2.75) is 38.3 Å². The molecule has 4 aliphatic heterocycles. The number of piperidine rings is 2. The molecule has 9 nitrogen and oxygen atoms in total. The topological polar surface area (TPSA) is 102 Å². The number of amides is 3. The predicted octanol–water partition coefficient (Wildman–Crippen LogP) is 2.35. The zero-order valence-electron chi connectivity index (χ0n) is 22.4. The lowest BCUT2D eigenvalue weighted by Crippen LogP contribution is -2.52. The molecule has 6 rings (SSSR count). The second kappa shape index (κ2) is 10.7. The molecule has 2 aromatic rings. The van der Waals surface area contributed by atoms with Crippen LogP contribution in [-0.4, -0.2) is 79.4 Å². The van der Waals surface area contributed by atoms with Gasteiger partial charge < -0.3 is 20.4 Å². The Morgan fingerprint density at radius 1 is 0.875 bits per heavy atom. The van der Waals surface area contributed by atoms with Gasteiger partial charge in [0.05, 0.1) is 11.4 Å². The summed E-state index contributed by atoms with van der Waals surface area (Å²) in [7, 11) is 0. The molecule has 0 radical (unpaired) electrons. The van der Waals surface area contributed by atoms with Crippen molar-refractivity contribution in [1.29, 1.82) is 0 Å². The maximum atomic E-state index is 14.3. The normalized spacial score (nSPS) is 22.6. The van der Waals surface area contributed by atoms with Crippen LogP contribution in [0.1, 0.15) is 41.6 Å². The molecule has 3 saturated heterocycles. The molecular formula is C29H34F2N6O3. The third-order valence-electron chi connectivity index (χ3n) is 8.78. The molecular weight excluding hydrogens is 518 g/mol. The maximum Gasteiger partial charge on any atom is 0.255 e. The molecule has 1 unspecified atom stereocenters. The maximum absolute atomic E-state index is 14.3. The Morgan fingerprint density at radius 2 is 1.62 bits per heavy atom. The van der Waals surface area contributed by atoms with Gasteiger partial charge in [-0.25, -0.2) is 8.78 Å². The Hall–Kier alpha value is -3.73. The van der Waals surface area contributed by atoms with Crippen molar-refractivity contribution >= 4 is 34.8 Å². The summed E-state index contributed by atoms with van der Waals surface area (Å²) < 4.78 is 28.2. The quantitative estimate of drug-likeness (QED) is 0.434. The van der Waals surface area contributed by atoms with Crippen molar-refractivity contribution in [3.63, 3.8) is 0 Å². The molecule has 2 aromatic carbocycles. The fourth-order valence-electron chi connectivity index (χ4n) is 6.46. The smallest absolute Gasteiger partial charge is 0.255 e. The highest BCUT2D eigenvalue weighted by Gasteiger charge is 2.39. The van der Waals surface area contributed by atoms with Crippen molar-refractivity contribution in [3.05, 3.63) is 53.1 Å². The second-order valence-corrected chi connectivity index (χ2v) is 11.3. The summed E-state index contributed by atoms with van der Waals surface area (Å²) in [5, 5.41) is 2.35. The molecule has 0 spiro atoms. The van der Waals surface area contributed by atoms with E-state index in [1.807, 2.05) is 17.0 Å². The lowest BCUT2D eigenvalue weighted by atomic mass is 9.95. The van der Waals surface area contributed by atoms with E-state index >= 15 is 0 Å². The van der Waals surface area contributed by atoms with Crippen LogP contribution in [0.5, 0.6) is 0 Å². The summed E-state index contributed by atoms with van der Waals surface area (Å²) in [6.45, 7) is 6.34. The minimum absolute atomic E-state index is 0.156. The van der Waals surface area contributed by atoms with Gasteiger partial charge in [-0.05, 0) is 48.9 Å². The van der Waals surface area contributed by atoms with Gasteiger partial charge in [-0.15, -0.1) is 0 Å². The number of benzene rings is 2. The number of nitrogens with one attached hydrogen (secondary N) is 1. The van der Waals surface area contributed by atoms with E-state index in [1.54, 1.807) is 4.90 Å². The first kappa shape index (κ1) is 26.5. The Morgan fingerprint density at radius 3 is 2.35 bits per heavy atom. The van der Waals surface area contributed by atoms with Gasteiger partial charge in [0, 0.05) is 82.2 Å². The number of hydrogen-bond donors (Lipinski definition) is 2. The lowest BCUT2D eigenvalue weighted by Gasteiger charge is -2.40. The first-order valence-corrected chi connectivity index (χ1v) is 14.0. The molecule has 40 heavy (non-hydrogen) atoms. The standard InChI is InChI=1S/C29H34F2N6O3/c30-22-15-26(23(31)14-24(22)32)36-7-5-18(6-8-36)16-34-9-11-35(12-10-34)20-1-2-21-19(13-20)17-37(29(21)40)25-3-4-27(38)33-28(25)39/h1-2,13-15,18,25H,3-12,16-17,32H2,(H,33,38,39). The van der Waals surface area contributed by atoms with E-state index in [-0.39, 0.29) is 29.6 Å². The molecule has 0 saturated carbocycles. The molecule has 4 aliphatic rings. The van der Waals surface area contributed by atoms with Gasteiger partial charge in [-0.2, -0.15) is 0 Å². The van der Waals surface area contributed by atoms with Crippen LogP contribution < -0.4 is 20.9 Å². The summed E-state index contributed by atoms with van der Waals surface area (Å²) >= 11 is 0. The van der Waals surface area contributed by atoms with Crippen LogP contribution in [0, 0.1) is 17.6 Å². The Kier molecular flexibility index (Phi) is 7.07. The number of halogens is 2. The molecule has 0 bridgehead atoms. The summed E-state index contributed by atoms with van der Waals surface area (Å²) in [4.78, 5) is 45.1. The first-order valence-electron chi connectivity index (χ1n) is 14.0. The minimum atomic E-state index is -0.608. The number of fused-ring (bicyclic) bond motifs is 1. The number of anilines is 3. The predicted molar refractivity (Wildman–Crippen MR) is 147 cm³/mol. The highest BCUT2D eigenvalue weighted by atomic mass is 19.1. The van der Waals surface area contributed by atoms with Crippen LogP contribution in [0.4, 0.5) is 25.8 Å². The molecule has 3 amide bonds. The molecule has 0 aliphatic carbocycles. The first-order chi connectivity index (χ1) is 19.3. The van der Waals surface area contributed by atoms with Crippen LogP contribution in [0.25, 0.3) is 0 Å². The van der Waals surface area contributed by atoms with Crippen molar-refractivity contribution in [2.75, 3.05) is 61.3 Å². The third-order valence-corrected chi connectivity index (χ3v) is 8.78. The average molecular weight is 553 g/mol. The highest BCUT2D eigenvalue weighted by molar-refractivity contribution is 6.05. The van der Waals surface area contributed by atoms with Crippen molar-refractivity contribution in [3.8, 4) is 0 Å². The number of nitrogens with zero attached hydrogens (tertiary/aromatic N) is 4. The number of piperazine rings is 1. The average Bonchev–Trinajstić information content (AvgIpc) is 3.27. The Labute approximate surface area is 231 Å². The molecule has 4 heterocycles. The molecule has 3 fully saturated rings. The fourth-order valence-corrected chi connectivity index (χ4v) is 6.46. The summed E-state index contributed by atoms with van der Waals surface area (Å²) in [6, 6.07) is 7.55. The van der Waals surface area contributed by atoms with Crippen LogP contribution in [0.15, 0.2) is 30.3 Å². The molecule has 0 aromatic heterocycles. The van der Waals surface area contributed by atoms with Crippen LogP contribution in [-0.2, 0) is 16.1 Å². The molecule has 212 valence electrons. The summed E-state index contributed by atoms with van der Waals surface area (Å²) in [5.41, 5.74) is 8.21. The van der Waals surface area contributed by atoms with E-state index in [9.17, 15) is 23.2 Å². The number of carbonyl (C=O) groups is 3. The third kappa shape index (κ3) is 5.10. The number of imide groups is 1. The van der Waals surface area contributed by atoms with E-state index in [4.69, 9.17) is 5.73 Å². The lowest BCUT2D eigenvalue weighted by molar-refractivity contribution is -0.136. The monoisotopic (exact) mass is 552 g/mol. The van der Waals surface area contributed by atoms with Crippen LogP contribution in [0.3, 0.4) is 0 Å². The van der Waals surface area contributed by atoms with Crippen LogP contribution >= 0.6 is 0 Å². The summed E-state index contributed by atoms with van der Waals surface area (Å²) in [6.07, 6.45) is 2.45. The number of rotatable bonds is 5. The van der Waals surface area contributed by atoms with Gasteiger partial charge in [0.25, 0.3) is 5.91 Å². The number of nitrogen functional groups attached to an aromatic ring is 1. The van der Waals surface area contributed by atoms with E-state index in [2.05, 4.69) is 21.2 Å². The van der Waals surface area contributed by atoms with Gasteiger partial charge in [-0.3, -0.25) is 24.6 Å². The second-order valence-electron chi connectivity index (χ2n) is 11.3. The van der Waals surface area contributed by atoms with E-state index in [0.717, 1.165) is 62.9 Å². The van der Waals surface area contributed by atoms with E-state index in [1.165, 1.54) is 6.07 Å². The van der Waals surface area contributed by atoms with Gasteiger partial charge in [0.1, 0.15) is 17.7 Å². The largest absolute Gasteiger partial charge is 0.396 e. The van der Waals surface area contributed by atoms with Crippen molar-refractivity contribution < 1.29 is 23.2 Å². The SMILES string of the molecule is Nc1cc(F)c(N2CCC(CN3CCN(c4ccc5c(c4)CN(C4CCC(=O)NC4=O)C5=O)CC3)CC2)cc1F. The highest BCUT2D eigenvalue weighted by Crippen LogP contribution is 2.32. The minimum Gasteiger partial charge on any atom is -0.396 e. The van der Waals surface area contributed by atoms with Gasteiger partial charge in [-0.1, -0.05) is 0 Å². The number of carbonyl (C=O) groups excluding carboxylic acids is 3. The number of hydrogen-bond acceptors (Lipinski definition) is 7. The fraction of sp³-hybridized carbons (Fsp3) is 0.483.